The zero-order chi connectivity index (χ0) is 10.4. The molecule has 0 heterocycles. The van der Waals surface area contributed by atoms with E-state index in [0.29, 0.717) is 11.5 Å². The van der Waals surface area contributed by atoms with Crippen LogP contribution in [0.15, 0.2) is 24.3 Å². The van der Waals surface area contributed by atoms with Crippen LogP contribution in [0.2, 0.25) is 0 Å². The van der Waals surface area contributed by atoms with Gasteiger partial charge in [0.05, 0.1) is 17.6 Å². The maximum absolute atomic E-state index is 11.5. The molecule has 0 radical (unpaired) electrons. The summed E-state index contributed by atoms with van der Waals surface area (Å²) in [5.74, 6) is 0.846. The number of benzene rings is 1. The molecule has 0 saturated carbocycles. The molecule has 0 spiro atoms. The van der Waals surface area contributed by atoms with Crippen LogP contribution in [0.25, 0.3) is 0 Å². The lowest BCUT2D eigenvalue weighted by atomic mass is 10.1. The summed E-state index contributed by atoms with van der Waals surface area (Å²) < 4.78 is 0. The van der Waals surface area contributed by atoms with Gasteiger partial charge < -0.3 is 0 Å². The number of nitrogens with zero attached hydrogens (tertiary/aromatic N) is 1. The third-order valence-electron chi connectivity index (χ3n) is 1.77. The fraction of sp³-hybridized carbons (Fsp3) is 0.273. The first-order valence-corrected chi connectivity index (χ1v) is 5.44. The summed E-state index contributed by atoms with van der Waals surface area (Å²) in [7, 11) is 0. The highest BCUT2D eigenvalue weighted by Gasteiger charge is 2.04. The van der Waals surface area contributed by atoms with Gasteiger partial charge >= 0.3 is 0 Å². The lowest BCUT2D eigenvalue weighted by Gasteiger charge is -1.99. The van der Waals surface area contributed by atoms with Crippen LogP contribution in [-0.2, 0) is 0 Å². The molecule has 0 aliphatic heterocycles. The molecular weight excluding hydrogens is 194 g/mol. The van der Waals surface area contributed by atoms with E-state index in [-0.39, 0.29) is 5.78 Å². The van der Waals surface area contributed by atoms with E-state index in [1.165, 1.54) is 11.8 Å². The highest BCUT2D eigenvalue weighted by molar-refractivity contribution is 8.00. The normalized spacial score (nSPS) is 9.43. The Labute approximate surface area is 87.9 Å². The van der Waals surface area contributed by atoms with Gasteiger partial charge in [-0.3, -0.25) is 4.79 Å². The number of Topliss-reactive ketones (excluding diaryl/α,β-unsaturated/α-hetero) is 1. The molecule has 2 nitrogen and oxygen atoms in total. The number of rotatable bonds is 4. The Kier molecular flexibility index (Phi) is 4.21. The summed E-state index contributed by atoms with van der Waals surface area (Å²) in [5.41, 5.74) is 1.87. The third-order valence-corrected chi connectivity index (χ3v) is 2.57. The number of thioether (sulfide) groups is 1. The molecule has 0 saturated heterocycles. The molecule has 1 aromatic carbocycles. The molecule has 0 aromatic heterocycles. The van der Waals surface area contributed by atoms with Crippen LogP contribution in [-0.4, -0.2) is 17.3 Å². The van der Waals surface area contributed by atoms with Crippen molar-refractivity contribution in [3.8, 4) is 6.07 Å². The first kappa shape index (κ1) is 10.8. The van der Waals surface area contributed by atoms with Crippen LogP contribution in [0.3, 0.4) is 0 Å². The summed E-state index contributed by atoms with van der Waals surface area (Å²) >= 11 is 1.35. The lowest BCUT2D eigenvalue weighted by molar-refractivity contribution is 0.102. The molecule has 14 heavy (non-hydrogen) atoms. The van der Waals surface area contributed by atoms with E-state index in [9.17, 15) is 4.79 Å². The second-order valence-corrected chi connectivity index (χ2v) is 3.93. The minimum atomic E-state index is 0.0882. The topological polar surface area (TPSA) is 40.9 Å². The van der Waals surface area contributed by atoms with Crippen molar-refractivity contribution in [2.45, 2.75) is 6.92 Å². The summed E-state index contributed by atoms with van der Waals surface area (Å²) in [4.78, 5) is 11.5. The summed E-state index contributed by atoms with van der Waals surface area (Å²) in [6, 6.07) is 9.48. The minimum Gasteiger partial charge on any atom is -0.293 e. The fourth-order valence-corrected chi connectivity index (χ4v) is 1.56. The second-order valence-electron chi connectivity index (χ2n) is 2.94. The van der Waals surface area contributed by atoms with Crippen molar-refractivity contribution in [2.75, 3.05) is 11.5 Å². The third kappa shape index (κ3) is 3.23. The number of ketones is 1. The van der Waals surface area contributed by atoms with Crippen molar-refractivity contribution in [1.82, 2.24) is 0 Å². The van der Waals surface area contributed by atoms with Gasteiger partial charge in [0.25, 0.3) is 0 Å². The standard InChI is InChI=1S/C11H11NOS/c1-9-2-4-10(5-3-9)11(13)8-14-7-6-12/h2-5H,7-8H2,1H3. The Balaban J connectivity index is 2.53. The highest BCUT2D eigenvalue weighted by atomic mass is 32.2. The molecule has 1 aromatic rings. The second kappa shape index (κ2) is 5.46. The van der Waals surface area contributed by atoms with E-state index < -0.39 is 0 Å². The molecule has 0 N–H and O–H groups in total. The van der Waals surface area contributed by atoms with E-state index in [2.05, 4.69) is 0 Å². The van der Waals surface area contributed by atoms with Gasteiger partial charge in [-0.2, -0.15) is 5.26 Å². The number of hydrogen-bond donors (Lipinski definition) is 0. The number of hydrogen-bond acceptors (Lipinski definition) is 3. The lowest BCUT2D eigenvalue weighted by Crippen LogP contribution is -2.02. The van der Waals surface area contributed by atoms with E-state index in [0.717, 1.165) is 11.1 Å². The van der Waals surface area contributed by atoms with E-state index >= 15 is 0 Å². The monoisotopic (exact) mass is 205 g/mol. The van der Waals surface area contributed by atoms with Crippen molar-refractivity contribution in [1.29, 1.82) is 5.26 Å². The average molecular weight is 205 g/mol. The molecule has 0 bridgehead atoms. The maximum atomic E-state index is 11.5. The smallest absolute Gasteiger partial charge is 0.172 e. The predicted molar refractivity (Wildman–Crippen MR) is 58.4 cm³/mol. The zero-order valence-corrected chi connectivity index (χ0v) is 8.80. The Bertz CT molecular complexity index is 351. The van der Waals surface area contributed by atoms with Gasteiger partial charge in [0, 0.05) is 5.56 Å². The Morgan fingerprint density at radius 3 is 2.64 bits per heavy atom. The zero-order valence-electron chi connectivity index (χ0n) is 7.99. The molecule has 72 valence electrons. The van der Waals surface area contributed by atoms with Crippen LogP contribution in [0.1, 0.15) is 15.9 Å². The highest BCUT2D eigenvalue weighted by Crippen LogP contribution is 2.08. The number of carbonyl (C=O) groups is 1. The first-order valence-electron chi connectivity index (χ1n) is 4.28. The Morgan fingerprint density at radius 2 is 2.07 bits per heavy atom. The number of nitriles is 1. The summed E-state index contributed by atoms with van der Waals surface area (Å²) in [5, 5.41) is 8.30. The predicted octanol–water partition coefficient (Wildman–Crippen LogP) is 2.43. The van der Waals surface area contributed by atoms with E-state index in [4.69, 9.17) is 5.26 Å². The fourth-order valence-electron chi connectivity index (χ4n) is 1.01. The van der Waals surface area contributed by atoms with E-state index in [1.807, 2.05) is 37.3 Å². The molecule has 0 unspecified atom stereocenters. The van der Waals surface area contributed by atoms with Crippen molar-refractivity contribution in [3.63, 3.8) is 0 Å². The average Bonchev–Trinajstić information content (AvgIpc) is 2.19. The molecule has 0 atom stereocenters. The molecule has 1 rings (SSSR count). The number of carbonyl (C=O) groups excluding carboxylic acids is 1. The molecule has 0 aliphatic carbocycles. The summed E-state index contributed by atoms with van der Waals surface area (Å²) in [6.45, 7) is 1.98. The van der Waals surface area contributed by atoms with Gasteiger partial charge in [0.15, 0.2) is 5.78 Å². The van der Waals surface area contributed by atoms with Gasteiger partial charge in [-0.1, -0.05) is 29.8 Å². The van der Waals surface area contributed by atoms with Gasteiger partial charge in [0.2, 0.25) is 0 Å². The largest absolute Gasteiger partial charge is 0.293 e. The molecule has 3 heteroatoms. The molecule has 0 amide bonds. The minimum absolute atomic E-state index is 0.0882. The van der Waals surface area contributed by atoms with Crippen LogP contribution in [0.5, 0.6) is 0 Å². The first-order chi connectivity index (χ1) is 6.74. The maximum Gasteiger partial charge on any atom is 0.172 e. The quantitative estimate of drug-likeness (QED) is 0.560. The van der Waals surface area contributed by atoms with Crippen molar-refractivity contribution in [2.24, 2.45) is 0 Å². The molecule has 0 fully saturated rings. The van der Waals surface area contributed by atoms with Gasteiger partial charge in [-0.25, -0.2) is 0 Å². The van der Waals surface area contributed by atoms with Crippen LogP contribution >= 0.6 is 11.8 Å². The van der Waals surface area contributed by atoms with Crippen molar-refractivity contribution < 1.29 is 4.79 Å². The van der Waals surface area contributed by atoms with E-state index in [1.54, 1.807) is 0 Å². The Morgan fingerprint density at radius 1 is 1.43 bits per heavy atom. The number of aryl methyl sites for hydroxylation is 1. The van der Waals surface area contributed by atoms with Gasteiger partial charge in [-0.05, 0) is 6.92 Å². The SMILES string of the molecule is Cc1ccc(C(=O)CSCC#N)cc1. The van der Waals surface area contributed by atoms with Crippen LogP contribution in [0.4, 0.5) is 0 Å². The van der Waals surface area contributed by atoms with Crippen molar-refractivity contribution >= 4 is 17.5 Å². The molecular formula is C11H11NOS. The summed E-state index contributed by atoms with van der Waals surface area (Å²) in [6.07, 6.45) is 0. The van der Waals surface area contributed by atoms with Crippen LogP contribution < -0.4 is 0 Å². The Hall–Kier alpha value is -1.27. The van der Waals surface area contributed by atoms with Crippen LogP contribution in [0, 0.1) is 18.3 Å². The van der Waals surface area contributed by atoms with Gasteiger partial charge in [-0.15, -0.1) is 11.8 Å². The molecule has 0 aliphatic rings. The van der Waals surface area contributed by atoms with Gasteiger partial charge in [0.1, 0.15) is 0 Å². The van der Waals surface area contributed by atoms with Crippen molar-refractivity contribution in [3.05, 3.63) is 35.4 Å².